The van der Waals surface area contributed by atoms with Gasteiger partial charge in [0.05, 0.1) is 10.8 Å². The van der Waals surface area contributed by atoms with Crippen molar-refractivity contribution in [3.05, 3.63) is 59.1 Å². The van der Waals surface area contributed by atoms with E-state index in [9.17, 15) is 14.7 Å². The normalized spacial score (nSPS) is 11.6. The van der Waals surface area contributed by atoms with Gasteiger partial charge in [-0.3, -0.25) is 20.4 Å². The molecule has 0 aliphatic rings. The molecule has 0 heterocycles. The Bertz CT molecular complexity index is 707. The van der Waals surface area contributed by atoms with E-state index in [0.29, 0.717) is 5.02 Å². The van der Waals surface area contributed by atoms with Gasteiger partial charge in [0, 0.05) is 9.92 Å². The van der Waals surface area contributed by atoms with E-state index in [2.05, 4.69) is 10.9 Å². The smallest absolute Gasteiger partial charge is 0.273 e. The molecule has 120 valence electrons. The van der Waals surface area contributed by atoms with Crippen molar-refractivity contribution in [3.8, 4) is 5.75 Å². The molecule has 0 aliphatic heterocycles. The lowest BCUT2D eigenvalue weighted by Gasteiger charge is -2.13. The predicted octanol–water partition coefficient (Wildman–Crippen LogP) is 2.99. The molecule has 0 aromatic heterocycles. The first-order chi connectivity index (χ1) is 11.0. The maximum absolute atomic E-state index is 12.0. The van der Waals surface area contributed by atoms with Crippen molar-refractivity contribution in [1.82, 2.24) is 10.9 Å². The summed E-state index contributed by atoms with van der Waals surface area (Å²) in [5.41, 5.74) is 4.71. The Morgan fingerprint density at radius 3 is 2.39 bits per heavy atom. The topological polar surface area (TPSA) is 78.4 Å². The van der Waals surface area contributed by atoms with Crippen LogP contribution in [0.5, 0.6) is 5.75 Å². The summed E-state index contributed by atoms with van der Waals surface area (Å²) < 4.78 is 0. The highest BCUT2D eigenvalue weighted by molar-refractivity contribution is 8.00. The fraction of sp³-hybridized carbons (Fsp3) is 0.125. The molecule has 2 amide bonds. The van der Waals surface area contributed by atoms with Crippen molar-refractivity contribution in [1.29, 1.82) is 0 Å². The van der Waals surface area contributed by atoms with Crippen molar-refractivity contribution in [2.24, 2.45) is 0 Å². The summed E-state index contributed by atoms with van der Waals surface area (Å²) in [6, 6.07) is 13.2. The molecule has 0 saturated heterocycles. The molecule has 2 aromatic carbocycles. The van der Waals surface area contributed by atoms with E-state index in [1.165, 1.54) is 23.9 Å². The molecule has 0 aliphatic carbocycles. The van der Waals surface area contributed by atoms with Gasteiger partial charge in [0.25, 0.3) is 11.8 Å². The van der Waals surface area contributed by atoms with Crippen LogP contribution in [-0.4, -0.2) is 22.2 Å². The molecular weight excluding hydrogens is 336 g/mol. The Morgan fingerprint density at radius 2 is 1.74 bits per heavy atom. The first-order valence-electron chi connectivity index (χ1n) is 6.78. The van der Waals surface area contributed by atoms with Crippen LogP contribution in [0.2, 0.25) is 5.02 Å². The standard InChI is InChI=1S/C16H15ClN2O3S/c1-10(23-12-8-6-11(17)7-9-12)15(21)18-19-16(22)13-4-2-3-5-14(13)20/h2-10,20H,1H3,(H,18,21)(H,19,22)/t10-/m1/s1. The van der Waals surface area contributed by atoms with Crippen LogP contribution in [0.15, 0.2) is 53.4 Å². The number of para-hydroxylation sites is 1. The number of phenols is 1. The second-order valence-corrected chi connectivity index (χ2v) is 6.53. The lowest BCUT2D eigenvalue weighted by atomic mass is 10.2. The second kappa shape index (κ2) is 7.89. The third-order valence-electron chi connectivity index (χ3n) is 2.94. The Morgan fingerprint density at radius 1 is 1.09 bits per heavy atom. The van der Waals surface area contributed by atoms with Crippen molar-refractivity contribution in [3.63, 3.8) is 0 Å². The van der Waals surface area contributed by atoms with Gasteiger partial charge in [0.15, 0.2) is 0 Å². The van der Waals surface area contributed by atoms with Crippen LogP contribution < -0.4 is 10.9 Å². The molecule has 23 heavy (non-hydrogen) atoms. The Labute approximate surface area is 143 Å². The van der Waals surface area contributed by atoms with E-state index in [-0.39, 0.29) is 17.2 Å². The zero-order valence-corrected chi connectivity index (χ0v) is 13.8. The molecule has 0 saturated carbocycles. The number of phenolic OH excluding ortho intramolecular Hbond substituents is 1. The minimum Gasteiger partial charge on any atom is -0.507 e. The maximum atomic E-state index is 12.0. The molecule has 1 atom stereocenters. The van der Waals surface area contributed by atoms with Crippen molar-refractivity contribution in [2.75, 3.05) is 0 Å². The second-order valence-electron chi connectivity index (χ2n) is 4.67. The van der Waals surface area contributed by atoms with Gasteiger partial charge in [-0.2, -0.15) is 0 Å². The van der Waals surface area contributed by atoms with Crippen LogP contribution in [0.4, 0.5) is 0 Å². The molecule has 0 unspecified atom stereocenters. The van der Waals surface area contributed by atoms with Gasteiger partial charge >= 0.3 is 0 Å². The van der Waals surface area contributed by atoms with E-state index >= 15 is 0 Å². The number of aromatic hydroxyl groups is 1. The molecule has 3 N–H and O–H groups in total. The minimum absolute atomic E-state index is 0.0887. The maximum Gasteiger partial charge on any atom is 0.273 e. The van der Waals surface area contributed by atoms with Crippen LogP contribution in [0, 0.1) is 0 Å². The lowest BCUT2D eigenvalue weighted by molar-refractivity contribution is -0.121. The quantitative estimate of drug-likeness (QED) is 0.585. The predicted molar refractivity (Wildman–Crippen MR) is 90.5 cm³/mol. The van der Waals surface area contributed by atoms with E-state index < -0.39 is 11.2 Å². The summed E-state index contributed by atoms with van der Waals surface area (Å²) >= 11 is 7.15. The number of hydrogen-bond donors (Lipinski definition) is 3. The molecule has 0 radical (unpaired) electrons. The highest BCUT2D eigenvalue weighted by atomic mass is 35.5. The van der Waals surface area contributed by atoms with Gasteiger partial charge in [0.1, 0.15) is 5.75 Å². The average Bonchev–Trinajstić information content (AvgIpc) is 2.54. The van der Waals surface area contributed by atoms with Gasteiger partial charge in [0.2, 0.25) is 0 Å². The number of benzene rings is 2. The highest BCUT2D eigenvalue weighted by Crippen LogP contribution is 2.24. The third kappa shape index (κ3) is 4.91. The van der Waals surface area contributed by atoms with E-state index in [0.717, 1.165) is 4.90 Å². The van der Waals surface area contributed by atoms with Crippen LogP contribution in [0.25, 0.3) is 0 Å². The van der Waals surface area contributed by atoms with Crippen molar-refractivity contribution >= 4 is 35.2 Å². The van der Waals surface area contributed by atoms with E-state index in [1.807, 2.05) is 12.1 Å². The SMILES string of the molecule is C[C@@H](Sc1ccc(Cl)cc1)C(=O)NNC(=O)c1ccccc1O. The number of hydrogen-bond acceptors (Lipinski definition) is 4. The van der Waals surface area contributed by atoms with Crippen LogP contribution >= 0.6 is 23.4 Å². The summed E-state index contributed by atoms with van der Waals surface area (Å²) in [6.07, 6.45) is 0. The van der Waals surface area contributed by atoms with Crippen LogP contribution in [0.1, 0.15) is 17.3 Å². The first kappa shape index (κ1) is 17.2. The number of thioether (sulfide) groups is 1. The number of hydrazine groups is 1. The number of carbonyl (C=O) groups is 2. The van der Waals surface area contributed by atoms with Crippen molar-refractivity contribution in [2.45, 2.75) is 17.1 Å². The van der Waals surface area contributed by atoms with Gasteiger partial charge < -0.3 is 5.11 Å². The average molecular weight is 351 g/mol. The number of carbonyl (C=O) groups excluding carboxylic acids is 2. The number of rotatable bonds is 4. The Balaban J connectivity index is 1.87. The summed E-state index contributed by atoms with van der Waals surface area (Å²) in [6.45, 7) is 1.72. The van der Waals surface area contributed by atoms with E-state index in [4.69, 9.17) is 11.6 Å². The molecule has 2 aromatic rings. The number of amides is 2. The zero-order valence-electron chi connectivity index (χ0n) is 12.2. The summed E-state index contributed by atoms with van der Waals surface area (Å²) in [5, 5.41) is 9.79. The molecular formula is C16H15ClN2O3S. The summed E-state index contributed by atoms with van der Waals surface area (Å²) in [7, 11) is 0. The first-order valence-corrected chi connectivity index (χ1v) is 8.03. The number of nitrogens with one attached hydrogen (secondary N) is 2. The molecule has 0 fully saturated rings. The largest absolute Gasteiger partial charge is 0.507 e. The van der Waals surface area contributed by atoms with Crippen LogP contribution in [-0.2, 0) is 4.79 Å². The van der Waals surface area contributed by atoms with Gasteiger partial charge in [-0.25, -0.2) is 0 Å². The lowest BCUT2D eigenvalue weighted by Crippen LogP contribution is -2.44. The monoisotopic (exact) mass is 350 g/mol. The molecule has 2 rings (SSSR count). The Kier molecular flexibility index (Phi) is 5.90. The van der Waals surface area contributed by atoms with Gasteiger partial charge in [-0.05, 0) is 43.3 Å². The molecule has 5 nitrogen and oxygen atoms in total. The Hall–Kier alpha value is -2.18. The van der Waals surface area contributed by atoms with E-state index in [1.54, 1.807) is 31.2 Å². The fourth-order valence-corrected chi connectivity index (χ4v) is 2.72. The molecule has 0 spiro atoms. The van der Waals surface area contributed by atoms with Gasteiger partial charge in [-0.1, -0.05) is 23.7 Å². The fourth-order valence-electron chi connectivity index (χ4n) is 1.72. The third-order valence-corrected chi connectivity index (χ3v) is 4.31. The molecule has 0 bridgehead atoms. The van der Waals surface area contributed by atoms with Crippen molar-refractivity contribution < 1.29 is 14.7 Å². The van der Waals surface area contributed by atoms with Gasteiger partial charge in [-0.15, -0.1) is 11.8 Å². The molecule has 7 heteroatoms. The zero-order chi connectivity index (χ0) is 16.8. The highest BCUT2D eigenvalue weighted by Gasteiger charge is 2.16. The summed E-state index contributed by atoms with van der Waals surface area (Å²) in [5.74, 6) is -1.09. The van der Waals surface area contributed by atoms with Crippen LogP contribution in [0.3, 0.4) is 0 Å². The summed E-state index contributed by atoms with van der Waals surface area (Å²) in [4.78, 5) is 24.8. The minimum atomic E-state index is -0.583. The number of halogens is 1.